The molecule has 0 fully saturated rings. The molecule has 1 amide bonds. The third-order valence-electron chi connectivity index (χ3n) is 2.52. The van der Waals surface area contributed by atoms with E-state index in [0.717, 1.165) is 12.8 Å². The van der Waals surface area contributed by atoms with E-state index in [2.05, 4.69) is 0 Å². The molecule has 0 aromatic carbocycles. The average molecular weight is 230 g/mol. The van der Waals surface area contributed by atoms with E-state index in [9.17, 15) is 4.79 Å². The second kappa shape index (κ2) is 8.53. The van der Waals surface area contributed by atoms with Gasteiger partial charge in [-0.05, 0) is 33.2 Å². The van der Waals surface area contributed by atoms with Crippen LogP contribution in [0, 0.1) is 5.92 Å². The van der Waals surface area contributed by atoms with Crippen LogP contribution in [-0.2, 0) is 9.53 Å². The number of hydrogen-bond acceptors (Lipinski definition) is 3. The van der Waals surface area contributed by atoms with Gasteiger partial charge in [0.15, 0.2) is 0 Å². The lowest BCUT2D eigenvalue weighted by molar-refractivity contribution is -0.134. The van der Waals surface area contributed by atoms with Crippen LogP contribution in [0.25, 0.3) is 0 Å². The maximum atomic E-state index is 11.9. The SMILES string of the molecule is CC(C)OCCN(C)C(=O)C(C)CCCN. The number of hydrogen-bond donors (Lipinski definition) is 1. The fourth-order valence-electron chi connectivity index (χ4n) is 1.46. The van der Waals surface area contributed by atoms with Gasteiger partial charge in [-0.1, -0.05) is 6.92 Å². The first-order valence-corrected chi connectivity index (χ1v) is 6.05. The smallest absolute Gasteiger partial charge is 0.225 e. The standard InChI is InChI=1S/C12H26N2O2/c1-10(2)16-9-8-14(4)12(15)11(3)6-5-7-13/h10-11H,5-9,13H2,1-4H3. The lowest BCUT2D eigenvalue weighted by atomic mass is 10.0. The van der Waals surface area contributed by atoms with Crippen LogP contribution < -0.4 is 5.73 Å². The van der Waals surface area contributed by atoms with Crippen molar-refractivity contribution in [2.24, 2.45) is 11.7 Å². The van der Waals surface area contributed by atoms with Crippen LogP contribution in [-0.4, -0.2) is 43.7 Å². The highest BCUT2D eigenvalue weighted by Gasteiger charge is 2.16. The monoisotopic (exact) mass is 230 g/mol. The molecule has 0 saturated carbocycles. The lowest BCUT2D eigenvalue weighted by Gasteiger charge is -2.21. The first-order chi connectivity index (χ1) is 7.49. The Hall–Kier alpha value is -0.610. The Morgan fingerprint density at radius 3 is 2.50 bits per heavy atom. The molecule has 0 aliphatic rings. The van der Waals surface area contributed by atoms with E-state index in [-0.39, 0.29) is 17.9 Å². The molecule has 0 radical (unpaired) electrons. The van der Waals surface area contributed by atoms with Gasteiger partial charge in [0.25, 0.3) is 0 Å². The molecule has 1 unspecified atom stereocenters. The molecular formula is C12H26N2O2. The van der Waals surface area contributed by atoms with Gasteiger partial charge in [0.05, 0.1) is 12.7 Å². The van der Waals surface area contributed by atoms with Crippen molar-refractivity contribution in [1.29, 1.82) is 0 Å². The first-order valence-electron chi connectivity index (χ1n) is 6.05. The highest BCUT2D eigenvalue weighted by molar-refractivity contribution is 5.78. The Balaban J connectivity index is 3.79. The molecule has 1 atom stereocenters. The molecule has 0 aliphatic carbocycles. The number of carbonyl (C=O) groups excluding carboxylic acids is 1. The summed E-state index contributed by atoms with van der Waals surface area (Å²) in [4.78, 5) is 13.6. The number of likely N-dealkylation sites (N-methyl/N-ethyl adjacent to an activating group) is 1. The van der Waals surface area contributed by atoms with Crippen molar-refractivity contribution < 1.29 is 9.53 Å². The Morgan fingerprint density at radius 1 is 1.38 bits per heavy atom. The van der Waals surface area contributed by atoms with E-state index >= 15 is 0 Å². The molecule has 2 N–H and O–H groups in total. The summed E-state index contributed by atoms with van der Waals surface area (Å²) < 4.78 is 5.41. The fourth-order valence-corrected chi connectivity index (χ4v) is 1.46. The van der Waals surface area contributed by atoms with Gasteiger partial charge in [0.2, 0.25) is 5.91 Å². The van der Waals surface area contributed by atoms with Crippen LogP contribution >= 0.6 is 0 Å². The molecule has 0 saturated heterocycles. The van der Waals surface area contributed by atoms with E-state index in [1.165, 1.54) is 0 Å². The predicted octanol–water partition coefficient (Wildman–Crippen LogP) is 1.24. The van der Waals surface area contributed by atoms with Crippen molar-refractivity contribution >= 4 is 5.91 Å². The fraction of sp³-hybridized carbons (Fsp3) is 0.917. The Morgan fingerprint density at radius 2 is 2.00 bits per heavy atom. The number of amides is 1. The number of rotatable bonds is 8. The highest BCUT2D eigenvalue weighted by Crippen LogP contribution is 2.08. The normalized spacial score (nSPS) is 12.9. The van der Waals surface area contributed by atoms with Crippen molar-refractivity contribution in [2.45, 2.75) is 39.7 Å². The van der Waals surface area contributed by atoms with Crippen LogP contribution in [0.4, 0.5) is 0 Å². The average Bonchev–Trinajstić information content (AvgIpc) is 2.24. The van der Waals surface area contributed by atoms with Crippen LogP contribution in [0.3, 0.4) is 0 Å². The van der Waals surface area contributed by atoms with Gasteiger partial charge in [-0.2, -0.15) is 0 Å². The van der Waals surface area contributed by atoms with Gasteiger partial charge in [0, 0.05) is 19.5 Å². The summed E-state index contributed by atoms with van der Waals surface area (Å²) in [5, 5.41) is 0. The molecule has 0 bridgehead atoms. The zero-order valence-electron chi connectivity index (χ0n) is 11.0. The van der Waals surface area contributed by atoms with E-state index in [1.54, 1.807) is 4.90 Å². The van der Waals surface area contributed by atoms with Gasteiger partial charge in [-0.15, -0.1) is 0 Å². The number of carbonyl (C=O) groups is 1. The molecule has 4 nitrogen and oxygen atoms in total. The van der Waals surface area contributed by atoms with E-state index < -0.39 is 0 Å². The maximum absolute atomic E-state index is 11.9. The second-order valence-corrected chi connectivity index (χ2v) is 4.51. The molecule has 0 aromatic heterocycles. The van der Waals surface area contributed by atoms with Crippen LogP contribution in [0.15, 0.2) is 0 Å². The van der Waals surface area contributed by atoms with Gasteiger partial charge >= 0.3 is 0 Å². The van der Waals surface area contributed by atoms with Crippen LogP contribution in [0.1, 0.15) is 33.6 Å². The van der Waals surface area contributed by atoms with Crippen LogP contribution in [0.2, 0.25) is 0 Å². The summed E-state index contributed by atoms with van der Waals surface area (Å²) in [5.41, 5.74) is 5.42. The molecule has 0 spiro atoms. The van der Waals surface area contributed by atoms with Gasteiger partial charge in [0.1, 0.15) is 0 Å². The topological polar surface area (TPSA) is 55.6 Å². The van der Waals surface area contributed by atoms with Crippen molar-refractivity contribution in [3.8, 4) is 0 Å². The third-order valence-corrected chi connectivity index (χ3v) is 2.52. The van der Waals surface area contributed by atoms with Crippen molar-refractivity contribution in [1.82, 2.24) is 4.90 Å². The summed E-state index contributed by atoms with van der Waals surface area (Å²) in [6.07, 6.45) is 1.99. The first kappa shape index (κ1) is 15.4. The Bertz CT molecular complexity index is 195. The Labute approximate surface area is 99.1 Å². The third kappa shape index (κ3) is 6.80. The summed E-state index contributed by atoms with van der Waals surface area (Å²) >= 11 is 0. The number of ether oxygens (including phenoxy) is 1. The van der Waals surface area contributed by atoms with Crippen molar-refractivity contribution in [3.63, 3.8) is 0 Å². The number of nitrogens with zero attached hydrogens (tertiary/aromatic N) is 1. The minimum Gasteiger partial charge on any atom is -0.377 e. The zero-order valence-corrected chi connectivity index (χ0v) is 11.0. The Kier molecular flexibility index (Phi) is 8.21. The number of nitrogens with two attached hydrogens (primary N) is 1. The predicted molar refractivity (Wildman–Crippen MR) is 66.2 cm³/mol. The molecule has 0 aromatic rings. The molecule has 0 rings (SSSR count). The summed E-state index contributed by atoms with van der Waals surface area (Å²) in [7, 11) is 1.82. The van der Waals surface area contributed by atoms with Crippen LogP contribution in [0.5, 0.6) is 0 Å². The van der Waals surface area contributed by atoms with Crippen molar-refractivity contribution in [2.75, 3.05) is 26.7 Å². The summed E-state index contributed by atoms with van der Waals surface area (Å²) in [5.74, 6) is 0.244. The molecule has 16 heavy (non-hydrogen) atoms. The summed E-state index contributed by atoms with van der Waals surface area (Å²) in [6, 6.07) is 0. The van der Waals surface area contributed by atoms with Gasteiger partial charge in [-0.3, -0.25) is 4.79 Å². The van der Waals surface area contributed by atoms with E-state index in [0.29, 0.717) is 19.7 Å². The minimum atomic E-state index is 0.0626. The van der Waals surface area contributed by atoms with Gasteiger partial charge < -0.3 is 15.4 Å². The van der Waals surface area contributed by atoms with Crippen molar-refractivity contribution in [3.05, 3.63) is 0 Å². The highest BCUT2D eigenvalue weighted by atomic mass is 16.5. The molecular weight excluding hydrogens is 204 g/mol. The maximum Gasteiger partial charge on any atom is 0.225 e. The molecule has 4 heteroatoms. The second-order valence-electron chi connectivity index (χ2n) is 4.51. The molecule has 0 heterocycles. The summed E-state index contributed by atoms with van der Waals surface area (Å²) in [6.45, 7) is 7.85. The zero-order chi connectivity index (χ0) is 12.6. The quantitative estimate of drug-likeness (QED) is 0.682. The lowest BCUT2D eigenvalue weighted by Crippen LogP contribution is -2.34. The molecule has 0 aliphatic heterocycles. The van der Waals surface area contributed by atoms with E-state index in [4.69, 9.17) is 10.5 Å². The minimum absolute atomic E-state index is 0.0626. The largest absolute Gasteiger partial charge is 0.377 e. The van der Waals surface area contributed by atoms with Gasteiger partial charge in [-0.25, -0.2) is 0 Å². The van der Waals surface area contributed by atoms with E-state index in [1.807, 2.05) is 27.8 Å². The molecule has 96 valence electrons.